The second-order valence-electron chi connectivity index (χ2n) is 4.17. The van der Waals surface area contributed by atoms with E-state index in [1.54, 1.807) is 18.2 Å². The van der Waals surface area contributed by atoms with E-state index in [2.05, 4.69) is 21.4 Å². The van der Waals surface area contributed by atoms with Gasteiger partial charge in [0.1, 0.15) is 5.82 Å². The number of rotatable bonds is 4. The Morgan fingerprint density at radius 3 is 2.30 bits per heavy atom. The number of ether oxygens (including phenoxy) is 1. The third-order valence-electron chi connectivity index (χ3n) is 2.95. The molecule has 0 amide bonds. The second kappa shape index (κ2) is 6.30. The van der Waals surface area contributed by atoms with Crippen LogP contribution in [0.5, 0.6) is 5.75 Å². The minimum Gasteiger partial charge on any atom is -0.494 e. The van der Waals surface area contributed by atoms with Crippen molar-refractivity contribution in [2.24, 2.45) is 5.84 Å². The van der Waals surface area contributed by atoms with Crippen LogP contribution in [0.4, 0.5) is 8.78 Å². The third-order valence-corrected chi connectivity index (χ3v) is 3.56. The number of hydrogen-bond acceptors (Lipinski definition) is 3. The predicted octanol–water partition coefficient (Wildman–Crippen LogP) is 3.29. The van der Waals surface area contributed by atoms with Gasteiger partial charge in [-0.3, -0.25) is 5.84 Å². The van der Waals surface area contributed by atoms with E-state index in [9.17, 15) is 8.78 Å². The Kier molecular flexibility index (Phi) is 4.69. The zero-order valence-electron chi connectivity index (χ0n) is 10.7. The first-order chi connectivity index (χ1) is 9.56. The lowest BCUT2D eigenvalue weighted by molar-refractivity contribution is 0.385. The van der Waals surface area contributed by atoms with Crippen molar-refractivity contribution in [3.8, 4) is 5.75 Å². The van der Waals surface area contributed by atoms with Crippen LogP contribution >= 0.6 is 15.9 Å². The maximum atomic E-state index is 13.7. The molecule has 0 fully saturated rings. The van der Waals surface area contributed by atoms with Crippen molar-refractivity contribution in [3.63, 3.8) is 0 Å². The van der Waals surface area contributed by atoms with Crippen molar-refractivity contribution >= 4 is 15.9 Å². The van der Waals surface area contributed by atoms with Gasteiger partial charge in [-0.25, -0.2) is 14.2 Å². The quantitative estimate of drug-likeness (QED) is 0.662. The highest BCUT2D eigenvalue weighted by molar-refractivity contribution is 9.10. The molecule has 3 nitrogen and oxygen atoms in total. The van der Waals surface area contributed by atoms with E-state index >= 15 is 0 Å². The van der Waals surface area contributed by atoms with Crippen molar-refractivity contribution in [1.82, 2.24) is 5.43 Å². The minimum atomic E-state index is -0.480. The van der Waals surface area contributed by atoms with Crippen molar-refractivity contribution in [1.29, 1.82) is 0 Å². The number of hydrazine groups is 1. The van der Waals surface area contributed by atoms with Gasteiger partial charge in [0.2, 0.25) is 0 Å². The highest BCUT2D eigenvalue weighted by Crippen LogP contribution is 2.28. The van der Waals surface area contributed by atoms with Gasteiger partial charge in [0.15, 0.2) is 11.6 Å². The number of nitrogens with one attached hydrogen (secondary N) is 1. The molecule has 1 atom stereocenters. The number of hydrogen-bond donors (Lipinski definition) is 2. The first-order valence-corrected chi connectivity index (χ1v) is 6.60. The SMILES string of the molecule is COc1ccc(C(NN)c2ccc(F)c(Br)c2)cc1F. The molecule has 106 valence electrons. The summed E-state index contributed by atoms with van der Waals surface area (Å²) >= 11 is 3.12. The summed E-state index contributed by atoms with van der Waals surface area (Å²) in [5, 5.41) is 0. The number of benzene rings is 2. The van der Waals surface area contributed by atoms with Crippen LogP contribution in [-0.4, -0.2) is 7.11 Å². The summed E-state index contributed by atoms with van der Waals surface area (Å²) in [6.07, 6.45) is 0. The summed E-state index contributed by atoms with van der Waals surface area (Å²) in [6, 6.07) is 8.61. The summed E-state index contributed by atoms with van der Waals surface area (Å²) in [5.41, 5.74) is 3.92. The van der Waals surface area contributed by atoms with Crippen LogP contribution in [0.15, 0.2) is 40.9 Å². The molecule has 0 radical (unpaired) electrons. The number of halogens is 3. The largest absolute Gasteiger partial charge is 0.494 e. The van der Waals surface area contributed by atoms with E-state index in [4.69, 9.17) is 10.6 Å². The fourth-order valence-electron chi connectivity index (χ4n) is 1.94. The molecule has 0 aliphatic heterocycles. The van der Waals surface area contributed by atoms with Crippen LogP contribution in [0.25, 0.3) is 0 Å². The first-order valence-electron chi connectivity index (χ1n) is 5.81. The average molecular weight is 343 g/mol. The molecular weight excluding hydrogens is 330 g/mol. The molecule has 6 heteroatoms. The Morgan fingerprint density at radius 2 is 1.75 bits per heavy atom. The average Bonchev–Trinajstić information content (AvgIpc) is 2.44. The lowest BCUT2D eigenvalue weighted by Crippen LogP contribution is -2.29. The summed E-state index contributed by atoms with van der Waals surface area (Å²) in [6.45, 7) is 0. The van der Waals surface area contributed by atoms with Crippen molar-refractivity contribution in [2.45, 2.75) is 6.04 Å². The van der Waals surface area contributed by atoms with E-state index in [1.165, 1.54) is 25.3 Å². The monoisotopic (exact) mass is 342 g/mol. The second-order valence-corrected chi connectivity index (χ2v) is 5.02. The molecule has 2 rings (SSSR count). The zero-order valence-corrected chi connectivity index (χ0v) is 12.2. The standard InChI is InChI=1S/C14H13BrF2N2O/c1-20-13-5-3-9(7-12(13)17)14(19-18)8-2-4-11(16)10(15)6-8/h2-7,14,19H,18H2,1H3. The Hall–Kier alpha value is -1.50. The van der Waals surface area contributed by atoms with Gasteiger partial charge >= 0.3 is 0 Å². The van der Waals surface area contributed by atoms with Crippen LogP contribution in [0.3, 0.4) is 0 Å². The van der Waals surface area contributed by atoms with Gasteiger partial charge in [-0.2, -0.15) is 0 Å². The molecule has 0 aliphatic rings. The molecule has 1 unspecified atom stereocenters. The van der Waals surface area contributed by atoms with Crippen LogP contribution < -0.4 is 16.0 Å². The van der Waals surface area contributed by atoms with Crippen molar-refractivity contribution < 1.29 is 13.5 Å². The van der Waals surface area contributed by atoms with E-state index in [0.717, 1.165) is 0 Å². The number of methoxy groups -OCH3 is 1. The summed E-state index contributed by atoms with van der Waals surface area (Å²) < 4.78 is 32.2. The fraction of sp³-hybridized carbons (Fsp3) is 0.143. The first kappa shape index (κ1) is 14.9. The maximum Gasteiger partial charge on any atom is 0.165 e. The fourth-order valence-corrected chi connectivity index (χ4v) is 2.34. The molecule has 0 heterocycles. The predicted molar refractivity (Wildman–Crippen MR) is 76.2 cm³/mol. The molecule has 3 N–H and O–H groups in total. The van der Waals surface area contributed by atoms with Crippen LogP contribution in [0.1, 0.15) is 17.2 Å². The number of nitrogens with two attached hydrogens (primary N) is 1. The highest BCUT2D eigenvalue weighted by atomic mass is 79.9. The van der Waals surface area contributed by atoms with E-state index in [-0.39, 0.29) is 11.6 Å². The summed E-state index contributed by atoms with van der Waals surface area (Å²) in [5.74, 6) is 4.84. The summed E-state index contributed by atoms with van der Waals surface area (Å²) in [7, 11) is 1.40. The van der Waals surface area contributed by atoms with Gasteiger partial charge in [-0.05, 0) is 51.3 Å². The Bertz CT molecular complexity index is 622. The van der Waals surface area contributed by atoms with Gasteiger partial charge < -0.3 is 4.74 Å². The van der Waals surface area contributed by atoms with Crippen LogP contribution in [0.2, 0.25) is 0 Å². The minimum absolute atomic E-state index is 0.157. The molecule has 0 saturated heterocycles. The molecule has 0 saturated carbocycles. The van der Waals surface area contributed by atoms with Gasteiger partial charge in [0.05, 0.1) is 17.6 Å². The topological polar surface area (TPSA) is 47.3 Å². The Balaban J connectivity index is 2.41. The van der Waals surface area contributed by atoms with Crippen molar-refractivity contribution in [2.75, 3.05) is 7.11 Å². The molecular formula is C14H13BrF2N2O. The zero-order chi connectivity index (χ0) is 14.7. The van der Waals surface area contributed by atoms with E-state index in [0.29, 0.717) is 15.6 Å². The van der Waals surface area contributed by atoms with Gasteiger partial charge in [-0.1, -0.05) is 12.1 Å². The van der Waals surface area contributed by atoms with Crippen molar-refractivity contribution in [3.05, 3.63) is 63.6 Å². The Morgan fingerprint density at radius 1 is 1.10 bits per heavy atom. The van der Waals surface area contributed by atoms with Gasteiger partial charge in [0, 0.05) is 0 Å². The molecule has 0 aromatic heterocycles. The van der Waals surface area contributed by atoms with Gasteiger partial charge in [-0.15, -0.1) is 0 Å². The molecule has 2 aromatic rings. The Labute approximate surface area is 123 Å². The smallest absolute Gasteiger partial charge is 0.165 e. The normalized spacial score (nSPS) is 12.2. The van der Waals surface area contributed by atoms with Gasteiger partial charge in [0.25, 0.3) is 0 Å². The molecule has 0 bridgehead atoms. The van der Waals surface area contributed by atoms with Crippen LogP contribution in [-0.2, 0) is 0 Å². The van der Waals surface area contributed by atoms with E-state index < -0.39 is 11.9 Å². The lowest BCUT2D eigenvalue weighted by Gasteiger charge is -2.18. The highest BCUT2D eigenvalue weighted by Gasteiger charge is 2.16. The molecule has 2 aromatic carbocycles. The lowest BCUT2D eigenvalue weighted by atomic mass is 9.99. The van der Waals surface area contributed by atoms with E-state index in [1.807, 2.05) is 0 Å². The van der Waals surface area contributed by atoms with Crippen LogP contribution in [0, 0.1) is 11.6 Å². The maximum absolute atomic E-state index is 13.7. The molecule has 0 aliphatic carbocycles. The third kappa shape index (κ3) is 2.98. The molecule has 20 heavy (non-hydrogen) atoms. The molecule has 0 spiro atoms. The summed E-state index contributed by atoms with van der Waals surface area (Å²) in [4.78, 5) is 0.